The SMILES string of the molecule is C=CC[C@@H]1CNc2ccccc2[C@]12SC(c1cc(F)ccc1F)=NN2C(C)=O. The second-order valence-corrected chi connectivity index (χ2v) is 8.02. The van der Waals surface area contributed by atoms with E-state index in [9.17, 15) is 13.6 Å². The van der Waals surface area contributed by atoms with E-state index in [-0.39, 0.29) is 22.4 Å². The van der Waals surface area contributed by atoms with Gasteiger partial charge < -0.3 is 5.32 Å². The van der Waals surface area contributed by atoms with Crippen LogP contribution in [0.15, 0.2) is 60.2 Å². The first-order valence-corrected chi connectivity index (χ1v) is 9.77. The van der Waals surface area contributed by atoms with E-state index in [0.29, 0.717) is 13.0 Å². The average Bonchev–Trinajstić information content (AvgIpc) is 3.08. The van der Waals surface area contributed by atoms with Gasteiger partial charge in [-0.2, -0.15) is 5.10 Å². The lowest BCUT2D eigenvalue weighted by atomic mass is 9.84. The third kappa shape index (κ3) is 2.81. The van der Waals surface area contributed by atoms with Crippen LogP contribution in [-0.2, 0) is 9.67 Å². The van der Waals surface area contributed by atoms with Gasteiger partial charge in [0.2, 0.25) is 5.91 Å². The summed E-state index contributed by atoms with van der Waals surface area (Å²) in [6.45, 7) is 5.89. The summed E-state index contributed by atoms with van der Waals surface area (Å²) in [7, 11) is 0. The maximum Gasteiger partial charge on any atom is 0.241 e. The van der Waals surface area contributed by atoms with Crippen LogP contribution in [0.25, 0.3) is 0 Å². The van der Waals surface area contributed by atoms with Crippen LogP contribution in [0, 0.1) is 17.6 Å². The molecule has 4 rings (SSSR count). The smallest absolute Gasteiger partial charge is 0.241 e. The number of hydrogen-bond acceptors (Lipinski definition) is 4. The minimum absolute atomic E-state index is 0.0494. The molecular weight excluding hydrogens is 380 g/mol. The molecule has 0 saturated heterocycles. The van der Waals surface area contributed by atoms with Gasteiger partial charge in [0.15, 0.2) is 0 Å². The molecule has 1 amide bonds. The molecule has 0 unspecified atom stereocenters. The van der Waals surface area contributed by atoms with Crippen LogP contribution in [0.5, 0.6) is 0 Å². The molecule has 28 heavy (non-hydrogen) atoms. The van der Waals surface area contributed by atoms with Crippen LogP contribution < -0.4 is 5.32 Å². The highest BCUT2D eigenvalue weighted by molar-refractivity contribution is 8.15. The largest absolute Gasteiger partial charge is 0.384 e. The summed E-state index contributed by atoms with van der Waals surface area (Å²) < 4.78 is 28.2. The Bertz CT molecular complexity index is 993. The molecular formula is C21H19F2N3OS. The Morgan fingerprint density at radius 2 is 2.18 bits per heavy atom. The molecule has 0 bridgehead atoms. The molecule has 4 nitrogen and oxygen atoms in total. The number of fused-ring (bicyclic) bond motifs is 2. The van der Waals surface area contributed by atoms with Crippen molar-refractivity contribution < 1.29 is 13.6 Å². The van der Waals surface area contributed by atoms with Crippen molar-refractivity contribution in [3.8, 4) is 0 Å². The fourth-order valence-corrected chi connectivity index (χ4v) is 5.43. The van der Waals surface area contributed by atoms with Crippen LogP contribution >= 0.6 is 11.8 Å². The van der Waals surface area contributed by atoms with E-state index in [4.69, 9.17) is 0 Å². The number of amides is 1. The summed E-state index contributed by atoms with van der Waals surface area (Å²) in [5, 5.41) is 9.57. The van der Waals surface area contributed by atoms with Gasteiger partial charge in [0.1, 0.15) is 21.5 Å². The summed E-state index contributed by atoms with van der Waals surface area (Å²) in [6.07, 6.45) is 2.44. The maximum atomic E-state index is 14.5. The van der Waals surface area contributed by atoms with Crippen LogP contribution in [0.3, 0.4) is 0 Å². The van der Waals surface area contributed by atoms with Gasteiger partial charge in [-0.25, -0.2) is 13.8 Å². The van der Waals surface area contributed by atoms with E-state index in [1.165, 1.54) is 23.7 Å². The van der Waals surface area contributed by atoms with Gasteiger partial charge in [0.25, 0.3) is 0 Å². The number of nitrogens with zero attached hydrogens (tertiary/aromatic N) is 2. The van der Waals surface area contributed by atoms with E-state index >= 15 is 0 Å². The summed E-state index contributed by atoms with van der Waals surface area (Å²) in [5.74, 6) is -1.43. The van der Waals surface area contributed by atoms with Gasteiger partial charge in [-0.1, -0.05) is 36.0 Å². The van der Waals surface area contributed by atoms with Crippen LogP contribution in [0.4, 0.5) is 14.5 Å². The van der Waals surface area contributed by atoms with Crippen molar-refractivity contribution in [1.82, 2.24) is 5.01 Å². The summed E-state index contributed by atoms with van der Waals surface area (Å²) in [5.41, 5.74) is 1.85. The number of rotatable bonds is 3. The molecule has 0 saturated carbocycles. The van der Waals surface area contributed by atoms with E-state index in [1.54, 1.807) is 0 Å². The number of para-hydroxylation sites is 1. The first-order valence-electron chi connectivity index (χ1n) is 8.95. The zero-order valence-electron chi connectivity index (χ0n) is 15.3. The number of thioether (sulfide) groups is 1. The number of anilines is 1. The molecule has 0 fully saturated rings. The first-order chi connectivity index (χ1) is 13.5. The number of benzene rings is 2. The highest BCUT2D eigenvalue weighted by Crippen LogP contribution is 2.56. The number of nitrogens with one attached hydrogen (secondary N) is 1. The van der Waals surface area contributed by atoms with Crippen LogP contribution in [-0.4, -0.2) is 22.5 Å². The predicted octanol–water partition coefficient (Wildman–Crippen LogP) is 4.69. The molecule has 0 aromatic heterocycles. The minimum Gasteiger partial charge on any atom is -0.384 e. The predicted molar refractivity (Wildman–Crippen MR) is 108 cm³/mol. The number of hydrogen-bond donors (Lipinski definition) is 1. The average molecular weight is 399 g/mol. The Morgan fingerprint density at radius 3 is 2.93 bits per heavy atom. The molecule has 0 aliphatic carbocycles. The molecule has 1 N–H and O–H groups in total. The van der Waals surface area contributed by atoms with Crippen molar-refractivity contribution in [2.45, 2.75) is 18.2 Å². The Balaban J connectivity index is 1.90. The summed E-state index contributed by atoms with van der Waals surface area (Å²) in [6, 6.07) is 11.0. The van der Waals surface area contributed by atoms with Crippen molar-refractivity contribution in [3.05, 3.63) is 77.9 Å². The molecule has 2 aromatic carbocycles. The highest BCUT2D eigenvalue weighted by Gasteiger charge is 2.55. The van der Waals surface area contributed by atoms with Gasteiger partial charge >= 0.3 is 0 Å². The molecule has 2 heterocycles. The number of carbonyl (C=O) groups excluding carboxylic acids is 1. The second kappa shape index (κ2) is 7.05. The number of allylic oxidation sites excluding steroid dienone is 1. The van der Waals surface area contributed by atoms with E-state index in [1.807, 2.05) is 30.3 Å². The number of halogens is 2. The molecule has 7 heteroatoms. The lowest BCUT2D eigenvalue weighted by molar-refractivity contribution is -0.133. The quantitative estimate of drug-likeness (QED) is 0.762. The summed E-state index contributed by atoms with van der Waals surface area (Å²) in [4.78, 5) is 11.7. The third-order valence-electron chi connectivity index (χ3n) is 5.07. The molecule has 2 aliphatic heterocycles. The monoisotopic (exact) mass is 399 g/mol. The van der Waals surface area contributed by atoms with Gasteiger partial charge in [-0.15, -0.1) is 6.58 Å². The first kappa shape index (κ1) is 18.7. The van der Waals surface area contributed by atoms with Crippen molar-refractivity contribution >= 4 is 28.4 Å². The fourth-order valence-electron chi connectivity index (χ4n) is 3.86. The van der Waals surface area contributed by atoms with Gasteiger partial charge in [-0.3, -0.25) is 4.79 Å². The van der Waals surface area contributed by atoms with Crippen molar-refractivity contribution in [2.24, 2.45) is 11.0 Å². The molecule has 2 atom stereocenters. The topological polar surface area (TPSA) is 44.7 Å². The Kier molecular flexibility index (Phi) is 4.71. The normalized spacial score (nSPS) is 23.2. The van der Waals surface area contributed by atoms with Gasteiger partial charge in [0, 0.05) is 36.2 Å². The summed E-state index contributed by atoms with van der Waals surface area (Å²) >= 11 is 1.30. The molecule has 2 aromatic rings. The Hall–Kier alpha value is -2.67. The van der Waals surface area contributed by atoms with Crippen LogP contribution in [0.2, 0.25) is 0 Å². The highest BCUT2D eigenvalue weighted by atomic mass is 32.2. The van der Waals surface area contributed by atoms with E-state index < -0.39 is 16.5 Å². The lowest BCUT2D eigenvalue weighted by Gasteiger charge is -2.45. The van der Waals surface area contributed by atoms with Gasteiger partial charge in [0.05, 0.1) is 0 Å². The Labute approximate surface area is 166 Å². The van der Waals surface area contributed by atoms with E-state index in [2.05, 4.69) is 17.0 Å². The second-order valence-electron chi connectivity index (χ2n) is 6.81. The molecule has 2 aliphatic rings. The molecule has 144 valence electrons. The lowest BCUT2D eigenvalue weighted by Crippen LogP contribution is -2.51. The van der Waals surface area contributed by atoms with Crippen molar-refractivity contribution in [3.63, 3.8) is 0 Å². The van der Waals surface area contributed by atoms with Gasteiger partial charge in [-0.05, 0) is 30.7 Å². The van der Waals surface area contributed by atoms with Crippen molar-refractivity contribution in [1.29, 1.82) is 0 Å². The van der Waals surface area contributed by atoms with Crippen LogP contribution in [0.1, 0.15) is 24.5 Å². The fraction of sp³-hybridized carbons (Fsp3) is 0.238. The Morgan fingerprint density at radius 1 is 1.39 bits per heavy atom. The number of hydrazone groups is 1. The van der Waals surface area contributed by atoms with E-state index in [0.717, 1.165) is 29.4 Å². The zero-order valence-corrected chi connectivity index (χ0v) is 16.1. The third-order valence-corrected chi connectivity index (χ3v) is 6.60. The van der Waals surface area contributed by atoms with Crippen molar-refractivity contribution in [2.75, 3.05) is 11.9 Å². The standard InChI is InChI=1S/C21H19F2N3OS/c1-3-6-14-12-24-19-8-5-4-7-17(19)21(14)26(13(2)27)25-20(28-21)16-11-15(22)9-10-18(16)23/h3-5,7-11,14,24H,1,6,12H2,2H3/t14-,21-/m1/s1. The molecule has 0 radical (unpaired) electrons. The maximum absolute atomic E-state index is 14.5. The molecule has 1 spiro atoms. The minimum atomic E-state index is -0.851. The zero-order chi connectivity index (χ0) is 19.9. The number of carbonyl (C=O) groups is 1.